The van der Waals surface area contributed by atoms with Crippen LogP contribution in [0.2, 0.25) is 0 Å². The molecule has 19 heavy (non-hydrogen) atoms. The molecule has 5 nitrogen and oxygen atoms in total. The maximum Gasteiger partial charge on any atom is 0.338 e. The van der Waals surface area contributed by atoms with Crippen LogP contribution in [0.25, 0.3) is 22.4 Å². The topological polar surface area (TPSA) is 68.0 Å². The van der Waals surface area contributed by atoms with Gasteiger partial charge in [0.2, 0.25) is 0 Å². The average Bonchev–Trinajstić information content (AvgIpc) is 2.80. The molecule has 0 spiro atoms. The molecule has 2 aromatic heterocycles. The van der Waals surface area contributed by atoms with Gasteiger partial charge in [-0.3, -0.25) is 0 Å². The molecule has 0 atom stereocenters. The first-order valence-electron chi connectivity index (χ1n) is 5.77. The van der Waals surface area contributed by atoms with Crippen LogP contribution in [0.1, 0.15) is 10.4 Å². The van der Waals surface area contributed by atoms with Crippen LogP contribution in [-0.4, -0.2) is 25.6 Å². The van der Waals surface area contributed by atoms with Crippen LogP contribution in [-0.2, 0) is 7.05 Å². The number of imidazole rings is 1. The Hall–Kier alpha value is -2.69. The highest BCUT2D eigenvalue weighted by Gasteiger charge is 2.16. The van der Waals surface area contributed by atoms with Crippen molar-refractivity contribution in [2.45, 2.75) is 0 Å². The highest BCUT2D eigenvalue weighted by molar-refractivity contribution is 6.01. The number of nitrogens with zero attached hydrogens (tertiary/aromatic N) is 3. The minimum atomic E-state index is -0.979. The maximum absolute atomic E-state index is 11.4. The molecule has 0 radical (unpaired) electrons. The number of rotatable bonds is 2. The first-order valence-corrected chi connectivity index (χ1v) is 5.77. The van der Waals surface area contributed by atoms with E-state index in [1.54, 1.807) is 24.0 Å². The Morgan fingerprint density at radius 3 is 2.68 bits per heavy atom. The van der Waals surface area contributed by atoms with Gasteiger partial charge in [-0.05, 0) is 6.07 Å². The van der Waals surface area contributed by atoms with E-state index in [2.05, 4.69) is 9.97 Å². The van der Waals surface area contributed by atoms with E-state index < -0.39 is 5.97 Å². The molecule has 0 amide bonds. The quantitative estimate of drug-likeness (QED) is 0.761. The first-order chi connectivity index (χ1) is 9.16. The number of hydrogen-bond donors (Lipinski definition) is 1. The number of hydrogen-bond acceptors (Lipinski definition) is 3. The zero-order chi connectivity index (χ0) is 13.4. The molecule has 5 heteroatoms. The van der Waals surface area contributed by atoms with E-state index in [9.17, 15) is 9.90 Å². The Morgan fingerprint density at radius 2 is 2.00 bits per heavy atom. The summed E-state index contributed by atoms with van der Waals surface area (Å²) in [6.07, 6.45) is 1.57. The third-order valence-corrected chi connectivity index (χ3v) is 2.98. The Labute approximate surface area is 109 Å². The van der Waals surface area contributed by atoms with E-state index >= 15 is 0 Å². The second-order valence-electron chi connectivity index (χ2n) is 4.25. The summed E-state index contributed by atoms with van der Waals surface area (Å²) in [6.45, 7) is 0. The van der Waals surface area contributed by atoms with E-state index in [1.165, 1.54) is 0 Å². The number of carboxylic acids is 1. The van der Waals surface area contributed by atoms with Crippen molar-refractivity contribution in [3.63, 3.8) is 0 Å². The van der Waals surface area contributed by atoms with E-state index in [0.717, 1.165) is 5.56 Å². The number of pyridine rings is 1. The molecule has 0 saturated heterocycles. The second-order valence-corrected chi connectivity index (χ2v) is 4.25. The fourth-order valence-corrected chi connectivity index (χ4v) is 2.08. The fourth-order valence-electron chi connectivity index (χ4n) is 2.08. The molecule has 0 aliphatic rings. The molecule has 3 rings (SSSR count). The summed E-state index contributed by atoms with van der Waals surface area (Å²) < 4.78 is 1.67. The number of carboxylic acid groups (broad SMARTS) is 1. The molecule has 3 aromatic rings. The predicted molar refractivity (Wildman–Crippen MR) is 70.9 cm³/mol. The van der Waals surface area contributed by atoms with Gasteiger partial charge in [-0.15, -0.1) is 0 Å². The maximum atomic E-state index is 11.4. The number of aromatic carboxylic acids is 1. The molecule has 2 heterocycles. The van der Waals surface area contributed by atoms with Crippen LogP contribution in [0.4, 0.5) is 0 Å². The zero-order valence-corrected chi connectivity index (χ0v) is 10.2. The Bertz CT molecular complexity index is 763. The van der Waals surface area contributed by atoms with Crippen molar-refractivity contribution in [2.24, 2.45) is 7.05 Å². The van der Waals surface area contributed by atoms with E-state index in [0.29, 0.717) is 16.9 Å². The van der Waals surface area contributed by atoms with Crippen LogP contribution >= 0.6 is 0 Å². The van der Waals surface area contributed by atoms with Gasteiger partial charge >= 0.3 is 5.97 Å². The normalized spacial score (nSPS) is 10.8. The highest BCUT2D eigenvalue weighted by atomic mass is 16.4. The third-order valence-electron chi connectivity index (χ3n) is 2.98. The summed E-state index contributed by atoms with van der Waals surface area (Å²) in [5, 5.41) is 9.33. The molecule has 1 aromatic carbocycles. The lowest BCUT2D eigenvalue weighted by Crippen LogP contribution is -2.02. The number of fused-ring (bicyclic) bond motifs is 1. The Morgan fingerprint density at radius 1 is 1.26 bits per heavy atom. The number of aryl methyl sites for hydroxylation is 1. The van der Waals surface area contributed by atoms with Gasteiger partial charge < -0.3 is 9.67 Å². The molecule has 0 aliphatic heterocycles. The molecule has 0 aliphatic carbocycles. The van der Waals surface area contributed by atoms with Crippen molar-refractivity contribution in [1.29, 1.82) is 0 Å². The van der Waals surface area contributed by atoms with Crippen molar-refractivity contribution >= 4 is 17.1 Å². The minimum Gasteiger partial charge on any atom is -0.478 e. The molecule has 0 bridgehead atoms. The summed E-state index contributed by atoms with van der Waals surface area (Å²) in [5.41, 5.74) is 2.68. The van der Waals surface area contributed by atoms with Gasteiger partial charge in [0.25, 0.3) is 0 Å². The largest absolute Gasteiger partial charge is 0.478 e. The van der Waals surface area contributed by atoms with Gasteiger partial charge in [0, 0.05) is 12.6 Å². The van der Waals surface area contributed by atoms with Crippen LogP contribution < -0.4 is 0 Å². The van der Waals surface area contributed by atoms with Gasteiger partial charge in [-0.1, -0.05) is 30.3 Å². The summed E-state index contributed by atoms with van der Waals surface area (Å²) >= 11 is 0. The van der Waals surface area contributed by atoms with Crippen LogP contribution in [0, 0.1) is 0 Å². The minimum absolute atomic E-state index is 0.212. The zero-order valence-electron chi connectivity index (χ0n) is 10.2. The molecule has 0 unspecified atom stereocenters. The Kier molecular flexibility index (Phi) is 2.52. The van der Waals surface area contributed by atoms with Gasteiger partial charge in [-0.25, -0.2) is 14.8 Å². The summed E-state index contributed by atoms with van der Waals surface area (Å²) in [6, 6.07) is 11.0. The third kappa shape index (κ3) is 1.85. The van der Waals surface area contributed by atoms with Gasteiger partial charge in [0.1, 0.15) is 5.52 Å². The molecule has 94 valence electrons. The monoisotopic (exact) mass is 253 g/mol. The lowest BCUT2D eigenvalue weighted by atomic mass is 10.1. The smallest absolute Gasteiger partial charge is 0.338 e. The lowest BCUT2D eigenvalue weighted by molar-refractivity contribution is 0.0698. The van der Waals surface area contributed by atoms with Gasteiger partial charge in [0.05, 0.1) is 17.6 Å². The van der Waals surface area contributed by atoms with E-state index in [4.69, 9.17) is 0 Å². The second kappa shape index (κ2) is 4.20. The van der Waals surface area contributed by atoms with Crippen LogP contribution in [0.3, 0.4) is 0 Å². The molecule has 0 fully saturated rings. The highest BCUT2D eigenvalue weighted by Crippen LogP contribution is 2.23. The number of benzene rings is 1. The van der Waals surface area contributed by atoms with E-state index in [-0.39, 0.29) is 5.56 Å². The van der Waals surface area contributed by atoms with Crippen molar-refractivity contribution in [3.05, 3.63) is 48.3 Å². The van der Waals surface area contributed by atoms with Crippen molar-refractivity contribution in [3.8, 4) is 11.3 Å². The number of aromatic nitrogens is 3. The van der Waals surface area contributed by atoms with Crippen LogP contribution in [0.5, 0.6) is 0 Å². The predicted octanol–water partition coefficient (Wildman–Crippen LogP) is 2.33. The van der Waals surface area contributed by atoms with Gasteiger partial charge in [0.15, 0.2) is 5.65 Å². The van der Waals surface area contributed by atoms with Crippen molar-refractivity contribution in [1.82, 2.24) is 14.5 Å². The van der Waals surface area contributed by atoms with Gasteiger partial charge in [-0.2, -0.15) is 0 Å². The summed E-state index contributed by atoms with van der Waals surface area (Å²) in [7, 11) is 1.76. The Balaban J connectivity index is 2.32. The van der Waals surface area contributed by atoms with E-state index in [1.807, 2.05) is 30.3 Å². The molecular formula is C14H11N3O2. The number of carbonyl (C=O) groups is 1. The van der Waals surface area contributed by atoms with Crippen molar-refractivity contribution in [2.75, 3.05) is 0 Å². The molecular weight excluding hydrogens is 242 g/mol. The lowest BCUT2D eigenvalue weighted by Gasteiger charge is -2.05. The standard InChI is InChI=1S/C14H11N3O2/c1-17-8-15-13-12(17)10(14(18)19)7-11(16-13)9-5-3-2-4-6-9/h2-8H,1H3,(H,18,19). The average molecular weight is 253 g/mol. The van der Waals surface area contributed by atoms with Crippen LogP contribution in [0.15, 0.2) is 42.7 Å². The fraction of sp³-hybridized carbons (Fsp3) is 0.0714. The summed E-state index contributed by atoms with van der Waals surface area (Å²) in [5.74, 6) is -0.979. The summed E-state index contributed by atoms with van der Waals surface area (Å²) in [4.78, 5) is 19.9. The first kappa shape index (κ1) is 11.4. The van der Waals surface area contributed by atoms with Crippen molar-refractivity contribution < 1.29 is 9.90 Å². The molecule has 0 saturated carbocycles. The SMILES string of the molecule is Cn1cnc2nc(-c3ccccc3)cc(C(=O)O)c21. The molecule has 1 N–H and O–H groups in total.